The highest BCUT2D eigenvalue weighted by Crippen LogP contribution is 2.39. The molecule has 0 aliphatic carbocycles. The molecule has 0 amide bonds. The smallest absolute Gasteiger partial charge is 0.203 e. The lowest BCUT2D eigenvalue weighted by atomic mass is 10.1. The number of benzene rings is 1. The van der Waals surface area contributed by atoms with E-state index in [1.807, 2.05) is 12.1 Å². The van der Waals surface area contributed by atoms with Gasteiger partial charge >= 0.3 is 0 Å². The SMILES string of the molecule is COc1cc(C(C)NCCN)cc(OC)c1OC. The van der Waals surface area contributed by atoms with Gasteiger partial charge in [0.25, 0.3) is 0 Å². The quantitative estimate of drug-likeness (QED) is 0.768. The van der Waals surface area contributed by atoms with E-state index in [1.54, 1.807) is 21.3 Å². The van der Waals surface area contributed by atoms with Crippen molar-refractivity contribution in [1.82, 2.24) is 5.32 Å². The first kappa shape index (κ1) is 14.6. The van der Waals surface area contributed by atoms with Crippen LogP contribution in [0.3, 0.4) is 0 Å². The van der Waals surface area contributed by atoms with E-state index in [9.17, 15) is 0 Å². The molecule has 1 aromatic rings. The zero-order valence-electron chi connectivity index (χ0n) is 11.4. The minimum absolute atomic E-state index is 0.169. The Bertz CT molecular complexity index is 357. The van der Waals surface area contributed by atoms with Crippen LogP contribution in [0.25, 0.3) is 0 Å². The fraction of sp³-hybridized carbons (Fsp3) is 0.538. The van der Waals surface area contributed by atoms with E-state index in [0.29, 0.717) is 23.8 Å². The topological polar surface area (TPSA) is 65.7 Å². The largest absolute Gasteiger partial charge is 0.493 e. The minimum atomic E-state index is 0.169. The van der Waals surface area contributed by atoms with Gasteiger partial charge in [0.1, 0.15) is 0 Å². The number of nitrogens with two attached hydrogens (primary N) is 1. The molecule has 0 aliphatic rings. The summed E-state index contributed by atoms with van der Waals surface area (Å²) in [5, 5.41) is 3.31. The Kier molecular flexibility index (Phi) is 5.74. The molecule has 0 aliphatic heterocycles. The second-order valence-corrected chi connectivity index (χ2v) is 3.92. The summed E-state index contributed by atoms with van der Waals surface area (Å²) in [5.74, 6) is 1.93. The maximum Gasteiger partial charge on any atom is 0.203 e. The van der Waals surface area contributed by atoms with E-state index in [-0.39, 0.29) is 6.04 Å². The number of nitrogens with one attached hydrogen (secondary N) is 1. The van der Waals surface area contributed by atoms with Crippen LogP contribution in [0.5, 0.6) is 17.2 Å². The molecule has 1 aromatic carbocycles. The van der Waals surface area contributed by atoms with Crippen molar-refractivity contribution in [3.63, 3.8) is 0 Å². The molecular weight excluding hydrogens is 232 g/mol. The van der Waals surface area contributed by atoms with Gasteiger partial charge in [-0.1, -0.05) is 0 Å². The van der Waals surface area contributed by atoms with Crippen molar-refractivity contribution in [1.29, 1.82) is 0 Å². The molecular formula is C13H22N2O3. The van der Waals surface area contributed by atoms with Crippen LogP contribution in [-0.4, -0.2) is 34.4 Å². The fourth-order valence-electron chi connectivity index (χ4n) is 1.77. The van der Waals surface area contributed by atoms with E-state index in [1.165, 1.54) is 0 Å². The number of rotatable bonds is 7. The average molecular weight is 254 g/mol. The molecule has 0 spiro atoms. The lowest BCUT2D eigenvalue weighted by Crippen LogP contribution is -2.25. The summed E-state index contributed by atoms with van der Waals surface area (Å²) < 4.78 is 15.9. The molecule has 3 N–H and O–H groups in total. The second-order valence-electron chi connectivity index (χ2n) is 3.92. The molecule has 0 bridgehead atoms. The predicted molar refractivity (Wildman–Crippen MR) is 71.6 cm³/mol. The van der Waals surface area contributed by atoms with E-state index in [2.05, 4.69) is 12.2 Å². The molecule has 1 unspecified atom stereocenters. The van der Waals surface area contributed by atoms with Gasteiger partial charge in [-0.25, -0.2) is 0 Å². The number of ether oxygens (including phenoxy) is 3. The summed E-state index contributed by atoms with van der Waals surface area (Å²) in [4.78, 5) is 0. The monoisotopic (exact) mass is 254 g/mol. The van der Waals surface area contributed by atoms with Crippen molar-refractivity contribution in [2.24, 2.45) is 5.73 Å². The highest BCUT2D eigenvalue weighted by atomic mass is 16.5. The van der Waals surface area contributed by atoms with Gasteiger partial charge in [0.2, 0.25) is 5.75 Å². The van der Waals surface area contributed by atoms with Crippen LogP contribution < -0.4 is 25.3 Å². The van der Waals surface area contributed by atoms with Gasteiger partial charge in [0.15, 0.2) is 11.5 Å². The maximum absolute atomic E-state index is 5.48. The Morgan fingerprint density at radius 2 is 1.67 bits per heavy atom. The molecule has 0 saturated heterocycles. The molecule has 5 nitrogen and oxygen atoms in total. The predicted octanol–water partition coefficient (Wildman–Crippen LogP) is 1.32. The third kappa shape index (κ3) is 3.27. The first-order valence-corrected chi connectivity index (χ1v) is 5.91. The number of hydrogen-bond acceptors (Lipinski definition) is 5. The zero-order chi connectivity index (χ0) is 13.5. The second kappa shape index (κ2) is 7.08. The van der Waals surface area contributed by atoms with Crippen molar-refractivity contribution in [2.45, 2.75) is 13.0 Å². The van der Waals surface area contributed by atoms with Crippen molar-refractivity contribution in [3.05, 3.63) is 17.7 Å². The van der Waals surface area contributed by atoms with Gasteiger partial charge in [-0.05, 0) is 24.6 Å². The summed E-state index contributed by atoms with van der Waals surface area (Å²) in [6.07, 6.45) is 0. The molecule has 0 aromatic heterocycles. The molecule has 0 saturated carbocycles. The van der Waals surface area contributed by atoms with Crippen molar-refractivity contribution in [3.8, 4) is 17.2 Å². The Morgan fingerprint density at radius 3 is 2.06 bits per heavy atom. The van der Waals surface area contributed by atoms with Gasteiger partial charge in [0, 0.05) is 19.1 Å². The summed E-state index contributed by atoms with van der Waals surface area (Å²) in [6, 6.07) is 4.05. The zero-order valence-corrected chi connectivity index (χ0v) is 11.4. The molecule has 0 radical (unpaired) electrons. The van der Waals surface area contributed by atoms with Crippen LogP contribution >= 0.6 is 0 Å². The van der Waals surface area contributed by atoms with Crippen LogP contribution in [-0.2, 0) is 0 Å². The molecule has 1 rings (SSSR count). The fourth-order valence-corrected chi connectivity index (χ4v) is 1.77. The molecule has 1 atom stereocenters. The lowest BCUT2D eigenvalue weighted by molar-refractivity contribution is 0.323. The van der Waals surface area contributed by atoms with Crippen molar-refractivity contribution >= 4 is 0 Å². The molecule has 0 fully saturated rings. The van der Waals surface area contributed by atoms with Gasteiger partial charge < -0.3 is 25.3 Å². The van der Waals surface area contributed by atoms with Crippen LogP contribution in [0, 0.1) is 0 Å². The maximum atomic E-state index is 5.48. The van der Waals surface area contributed by atoms with E-state index in [0.717, 1.165) is 12.1 Å². The van der Waals surface area contributed by atoms with Gasteiger partial charge in [-0.15, -0.1) is 0 Å². The normalized spacial score (nSPS) is 12.1. The van der Waals surface area contributed by atoms with Crippen LogP contribution in [0.4, 0.5) is 0 Å². The Morgan fingerprint density at radius 1 is 1.11 bits per heavy atom. The third-order valence-corrected chi connectivity index (χ3v) is 2.78. The average Bonchev–Trinajstić information content (AvgIpc) is 2.42. The van der Waals surface area contributed by atoms with E-state index < -0.39 is 0 Å². The van der Waals surface area contributed by atoms with Gasteiger partial charge in [0.05, 0.1) is 21.3 Å². The molecule has 102 valence electrons. The molecule has 5 heteroatoms. The van der Waals surface area contributed by atoms with Gasteiger partial charge in [-0.3, -0.25) is 0 Å². The minimum Gasteiger partial charge on any atom is -0.493 e. The van der Waals surface area contributed by atoms with E-state index >= 15 is 0 Å². The highest BCUT2D eigenvalue weighted by Gasteiger charge is 2.15. The summed E-state index contributed by atoms with van der Waals surface area (Å²) >= 11 is 0. The number of methoxy groups -OCH3 is 3. The van der Waals surface area contributed by atoms with Crippen LogP contribution in [0.2, 0.25) is 0 Å². The Balaban J connectivity index is 3.06. The molecule has 0 heterocycles. The van der Waals surface area contributed by atoms with Crippen LogP contribution in [0.15, 0.2) is 12.1 Å². The summed E-state index contributed by atoms with van der Waals surface area (Å²) in [7, 11) is 4.81. The first-order valence-electron chi connectivity index (χ1n) is 5.91. The number of hydrogen-bond donors (Lipinski definition) is 2. The first-order chi connectivity index (χ1) is 8.67. The van der Waals surface area contributed by atoms with Crippen LogP contribution in [0.1, 0.15) is 18.5 Å². The third-order valence-electron chi connectivity index (χ3n) is 2.78. The summed E-state index contributed by atoms with van der Waals surface area (Å²) in [6.45, 7) is 3.43. The highest BCUT2D eigenvalue weighted by molar-refractivity contribution is 5.54. The molecule has 18 heavy (non-hydrogen) atoms. The lowest BCUT2D eigenvalue weighted by Gasteiger charge is -2.18. The Labute approximate surface area is 108 Å². The Hall–Kier alpha value is -1.46. The standard InChI is InChI=1S/C13H22N2O3/c1-9(15-6-5-14)10-7-11(16-2)13(18-4)12(8-10)17-3/h7-9,15H,5-6,14H2,1-4H3. The summed E-state index contributed by atoms with van der Waals surface area (Å²) in [5.41, 5.74) is 6.55. The van der Waals surface area contributed by atoms with Crippen molar-refractivity contribution < 1.29 is 14.2 Å². The van der Waals surface area contributed by atoms with E-state index in [4.69, 9.17) is 19.9 Å². The van der Waals surface area contributed by atoms with Crippen molar-refractivity contribution in [2.75, 3.05) is 34.4 Å². The van der Waals surface area contributed by atoms with Gasteiger partial charge in [-0.2, -0.15) is 0 Å².